The first kappa shape index (κ1) is 19.2. The van der Waals surface area contributed by atoms with Gasteiger partial charge in [-0.15, -0.1) is 0 Å². The number of rotatable bonds is 5. The lowest BCUT2D eigenvalue weighted by Gasteiger charge is -2.35. The monoisotopic (exact) mass is 383 g/mol. The molecule has 1 aliphatic rings. The number of nitrogen functional groups attached to an aromatic ring is 1. The standard InChI is InChI=1S/C17H20F3N5O2/c18-17(19,20)12-1-3-13(4-2-12)27-14-11-22-16(21)23-15(14)25-7-5-24(6-8-25)9-10-26/h1-4,11,26H,5-10H2,(H2,21,22,23). The van der Waals surface area contributed by atoms with Crippen molar-refractivity contribution in [3.63, 3.8) is 0 Å². The number of aromatic nitrogens is 2. The van der Waals surface area contributed by atoms with Crippen molar-refractivity contribution in [1.82, 2.24) is 14.9 Å². The second-order valence-corrected chi connectivity index (χ2v) is 6.09. The first-order chi connectivity index (χ1) is 12.9. The summed E-state index contributed by atoms with van der Waals surface area (Å²) in [4.78, 5) is 12.3. The van der Waals surface area contributed by atoms with Gasteiger partial charge in [-0.2, -0.15) is 18.2 Å². The molecule has 0 saturated carbocycles. The summed E-state index contributed by atoms with van der Waals surface area (Å²) in [5, 5.41) is 9.03. The summed E-state index contributed by atoms with van der Waals surface area (Å²) < 4.78 is 43.8. The van der Waals surface area contributed by atoms with Crippen LogP contribution in [-0.4, -0.2) is 59.3 Å². The van der Waals surface area contributed by atoms with Crippen molar-refractivity contribution in [2.24, 2.45) is 0 Å². The average Bonchev–Trinajstić information content (AvgIpc) is 2.64. The van der Waals surface area contributed by atoms with Gasteiger partial charge in [-0.1, -0.05) is 0 Å². The number of aliphatic hydroxyl groups excluding tert-OH is 1. The fourth-order valence-corrected chi connectivity index (χ4v) is 2.84. The molecule has 1 saturated heterocycles. The number of anilines is 2. The lowest BCUT2D eigenvalue weighted by atomic mass is 10.2. The number of alkyl halides is 3. The Balaban J connectivity index is 1.77. The van der Waals surface area contributed by atoms with E-state index in [1.807, 2.05) is 4.90 Å². The number of β-amino-alcohol motifs (C(OH)–C–C–N with tert-alkyl or cyclic N) is 1. The zero-order valence-electron chi connectivity index (χ0n) is 14.5. The Morgan fingerprint density at radius 1 is 1.11 bits per heavy atom. The van der Waals surface area contributed by atoms with E-state index >= 15 is 0 Å². The van der Waals surface area contributed by atoms with Crippen molar-refractivity contribution in [1.29, 1.82) is 0 Å². The van der Waals surface area contributed by atoms with Crippen LogP contribution in [0.5, 0.6) is 11.5 Å². The maximum Gasteiger partial charge on any atom is 0.416 e. The topological polar surface area (TPSA) is 87.7 Å². The van der Waals surface area contributed by atoms with Crippen LogP contribution in [0.3, 0.4) is 0 Å². The Morgan fingerprint density at radius 2 is 1.78 bits per heavy atom. The zero-order valence-corrected chi connectivity index (χ0v) is 14.5. The Labute approximate surface area is 154 Å². The zero-order chi connectivity index (χ0) is 19.4. The molecule has 146 valence electrons. The molecule has 3 N–H and O–H groups in total. The van der Waals surface area contributed by atoms with E-state index in [4.69, 9.17) is 15.6 Å². The van der Waals surface area contributed by atoms with E-state index in [0.29, 0.717) is 31.2 Å². The molecule has 1 fully saturated rings. The molecule has 7 nitrogen and oxygen atoms in total. The van der Waals surface area contributed by atoms with Crippen LogP contribution in [0.1, 0.15) is 5.56 Å². The molecule has 2 heterocycles. The molecule has 0 amide bonds. The van der Waals surface area contributed by atoms with Gasteiger partial charge >= 0.3 is 6.18 Å². The largest absolute Gasteiger partial charge is 0.452 e. The van der Waals surface area contributed by atoms with Crippen LogP contribution >= 0.6 is 0 Å². The van der Waals surface area contributed by atoms with Gasteiger partial charge < -0.3 is 20.5 Å². The minimum absolute atomic E-state index is 0.0857. The van der Waals surface area contributed by atoms with Gasteiger partial charge in [0.2, 0.25) is 5.95 Å². The smallest absolute Gasteiger partial charge is 0.416 e. The summed E-state index contributed by atoms with van der Waals surface area (Å²) >= 11 is 0. The van der Waals surface area contributed by atoms with Gasteiger partial charge in [0.1, 0.15) is 5.75 Å². The van der Waals surface area contributed by atoms with E-state index in [1.54, 1.807) is 0 Å². The molecular weight excluding hydrogens is 363 g/mol. The van der Waals surface area contributed by atoms with Crippen LogP contribution in [0.25, 0.3) is 0 Å². The molecule has 1 aromatic carbocycles. The Kier molecular flexibility index (Phi) is 5.66. The number of ether oxygens (including phenoxy) is 1. The van der Waals surface area contributed by atoms with Crippen molar-refractivity contribution in [3.05, 3.63) is 36.0 Å². The van der Waals surface area contributed by atoms with Gasteiger partial charge in [-0.25, -0.2) is 4.98 Å². The highest BCUT2D eigenvalue weighted by atomic mass is 19.4. The summed E-state index contributed by atoms with van der Waals surface area (Å²) in [5.41, 5.74) is 4.95. The number of hydrogen-bond donors (Lipinski definition) is 2. The van der Waals surface area contributed by atoms with Gasteiger partial charge in [0.25, 0.3) is 0 Å². The Morgan fingerprint density at radius 3 is 2.37 bits per heavy atom. The SMILES string of the molecule is Nc1ncc(Oc2ccc(C(F)(F)F)cc2)c(N2CCN(CCO)CC2)n1. The lowest BCUT2D eigenvalue weighted by Crippen LogP contribution is -2.47. The molecule has 0 spiro atoms. The molecule has 0 unspecified atom stereocenters. The summed E-state index contributed by atoms with van der Waals surface area (Å²) in [5.74, 6) is 1.14. The summed E-state index contributed by atoms with van der Waals surface area (Å²) in [7, 11) is 0. The molecule has 10 heteroatoms. The maximum absolute atomic E-state index is 12.7. The van der Waals surface area contributed by atoms with E-state index in [9.17, 15) is 13.2 Å². The fourth-order valence-electron chi connectivity index (χ4n) is 2.84. The molecule has 0 atom stereocenters. The van der Waals surface area contributed by atoms with Gasteiger partial charge in [0, 0.05) is 32.7 Å². The van der Waals surface area contributed by atoms with Crippen LogP contribution in [-0.2, 0) is 6.18 Å². The van der Waals surface area contributed by atoms with Gasteiger partial charge in [0.15, 0.2) is 11.6 Å². The van der Waals surface area contributed by atoms with Crippen molar-refractivity contribution >= 4 is 11.8 Å². The Bertz CT molecular complexity index is 762. The van der Waals surface area contributed by atoms with E-state index < -0.39 is 11.7 Å². The van der Waals surface area contributed by atoms with E-state index in [0.717, 1.165) is 25.2 Å². The van der Waals surface area contributed by atoms with Crippen LogP contribution in [0, 0.1) is 0 Å². The van der Waals surface area contributed by atoms with Crippen LogP contribution in [0.2, 0.25) is 0 Å². The number of nitrogens with zero attached hydrogens (tertiary/aromatic N) is 4. The van der Waals surface area contributed by atoms with Crippen LogP contribution < -0.4 is 15.4 Å². The van der Waals surface area contributed by atoms with E-state index in [1.165, 1.54) is 18.3 Å². The quantitative estimate of drug-likeness (QED) is 0.816. The maximum atomic E-state index is 12.7. The van der Waals surface area contributed by atoms with E-state index in [2.05, 4.69) is 14.9 Å². The molecule has 3 rings (SSSR count). The molecule has 0 aliphatic carbocycles. The minimum Gasteiger partial charge on any atom is -0.452 e. The molecule has 2 aromatic rings. The highest BCUT2D eigenvalue weighted by molar-refractivity contribution is 5.55. The molecule has 0 bridgehead atoms. The predicted octanol–water partition coefficient (Wildman–Crippen LogP) is 1.98. The Hall–Kier alpha value is -2.59. The normalized spacial score (nSPS) is 15.8. The third-order valence-corrected chi connectivity index (χ3v) is 4.25. The predicted molar refractivity (Wildman–Crippen MR) is 93.7 cm³/mol. The lowest BCUT2D eigenvalue weighted by molar-refractivity contribution is -0.137. The summed E-state index contributed by atoms with van der Waals surface area (Å²) in [6.45, 7) is 3.49. The van der Waals surface area contributed by atoms with Gasteiger partial charge in [-0.05, 0) is 24.3 Å². The second-order valence-electron chi connectivity index (χ2n) is 6.09. The van der Waals surface area contributed by atoms with Crippen molar-refractivity contribution in [3.8, 4) is 11.5 Å². The summed E-state index contributed by atoms with van der Waals surface area (Å²) in [6, 6.07) is 4.42. The number of benzene rings is 1. The number of piperazine rings is 1. The van der Waals surface area contributed by atoms with Crippen molar-refractivity contribution in [2.75, 3.05) is 50.0 Å². The van der Waals surface area contributed by atoms with Crippen molar-refractivity contribution < 1.29 is 23.0 Å². The summed E-state index contributed by atoms with van der Waals surface area (Å²) in [6.07, 6.45) is -2.99. The number of halogens is 3. The third-order valence-electron chi connectivity index (χ3n) is 4.25. The molecule has 0 radical (unpaired) electrons. The first-order valence-corrected chi connectivity index (χ1v) is 8.42. The van der Waals surface area contributed by atoms with Crippen LogP contribution in [0.15, 0.2) is 30.5 Å². The van der Waals surface area contributed by atoms with Gasteiger partial charge in [-0.3, -0.25) is 4.90 Å². The molecule has 1 aliphatic heterocycles. The third kappa shape index (κ3) is 4.77. The minimum atomic E-state index is -4.40. The highest BCUT2D eigenvalue weighted by Crippen LogP contribution is 2.34. The second kappa shape index (κ2) is 7.97. The number of nitrogens with two attached hydrogens (primary N) is 1. The number of hydrogen-bond acceptors (Lipinski definition) is 7. The first-order valence-electron chi connectivity index (χ1n) is 8.42. The highest BCUT2D eigenvalue weighted by Gasteiger charge is 2.30. The molecule has 27 heavy (non-hydrogen) atoms. The van der Waals surface area contributed by atoms with Crippen molar-refractivity contribution in [2.45, 2.75) is 6.18 Å². The van der Waals surface area contributed by atoms with Crippen LogP contribution in [0.4, 0.5) is 24.9 Å². The average molecular weight is 383 g/mol. The molecular formula is C17H20F3N5O2. The molecule has 1 aromatic heterocycles. The van der Waals surface area contributed by atoms with Gasteiger partial charge in [0.05, 0.1) is 18.4 Å². The fraction of sp³-hybridized carbons (Fsp3) is 0.412. The number of aliphatic hydroxyl groups is 1. The van der Waals surface area contributed by atoms with E-state index in [-0.39, 0.29) is 18.3 Å².